The lowest BCUT2D eigenvalue weighted by Crippen LogP contribution is -2.14. The highest BCUT2D eigenvalue weighted by atomic mass is 32.2. The molecule has 1 aliphatic carbocycles. The van der Waals surface area contributed by atoms with Crippen molar-refractivity contribution in [1.82, 2.24) is 20.2 Å². The fraction of sp³-hybridized carbons (Fsp3) is 0.381. The summed E-state index contributed by atoms with van der Waals surface area (Å²) in [6, 6.07) is 8.39. The van der Waals surface area contributed by atoms with Gasteiger partial charge in [-0.1, -0.05) is 30.3 Å². The number of benzene rings is 1. The molecule has 0 fully saturated rings. The molecule has 0 bridgehead atoms. The van der Waals surface area contributed by atoms with E-state index < -0.39 is 0 Å². The van der Waals surface area contributed by atoms with Gasteiger partial charge in [-0.05, 0) is 72.7 Å². The van der Waals surface area contributed by atoms with E-state index in [9.17, 15) is 10.1 Å². The number of nitrogens with zero attached hydrogens (tertiary/aromatic N) is 5. The Morgan fingerprint density at radius 3 is 2.97 bits per heavy atom. The summed E-state index contributed by atoms with van der Waals surface area (Å²) in [5, 5.41) is 25.7. The molecule has 30 heavy (non-hydrogen) atoms. The summed E-state index contributed by atoms with van der Waals surface area (Å²) in [5.74, 6) is 0.00185. The van der Waals surface area contributed by atoms with E-state index in [1.165, 1.54) is 23.1 Å². The van der Waals surface area contributed by atoms with E-state index in [0.717, 1.165) is 48.1 Å². The molecule has 7 nitrogen and oxygen atoms in total. The number of aromatic nitrogens is 4. The number of carbonyl (C=O) groups excluding carboxylic acids is 1. The molecule has 1 aliphatic rings. The Balaban J connectivity index is 1.47. The molecule has 2 heterocycles. The zero-order valence-electron chi connectivity index (χ0n) is 16.9. The molecule has 1 amide bonds. The van der Waals surface area contributed by atoms with Gasteiger partial charge in [0.2, 0.25) is 11.1 Å². The molecule has 0 spiro atoms. The van der Waals surface area contributed by atoms with Crippen molar-refractivity contribution >= 4 is 34.0 Å². The van der Waals surface area contributed by atoms with Gasteiger partial charge in [0.25, 0.3) is 0 Å². The third-order valence-electron chi connectivity index (χ3n) is 5.15. The lowest BCUT2D eigenvalue weighted by Gasteiger charge is -2.08. The maximum Gasteiger partial charge on any atom is 0.235 e. The quantitative estimate of drug-likeness (QED) is 0.473. The number of nitrogens with one attached hydrogen (secondary N) is 1. The molecule has 1 N–H and O–H groups in total. The van der Waals surface area contributed by atoms with Crippen LogP contribution in [0, 0.1) is 25.2 Å². The molecule has 0 saturated carbocycles. The van der Waals surface area contributed by atoms with Crippen molar-refractivity contribution in [2.24, 2.45) is 0 Å². The van der Waals surface area contributed by atoms with Crippen molar-refractivity contribution in [3.8, 4) is 11.8 Å². The van der Waals surface area contributed by atoms with Crippen molar-refractivity contribution in [2.75, 3.05) is 11.1 Å². The molecule has 0 atom stereocenters. The summed E-state index contributed by atoms with van der Waals surface area (Å²) in [4.78, 5) is 13.9. The molecule has 9 heteroatoms. The predicted octanol–water partition coefficient (Wildman–Crippen LogP) is 4.21. The highest BCUT2D eigenvalue weighted by molar-refractivity contribution is 7.99. The number of thiophene rings is 1. The second kappa shape index (κ2) is 8.98. The monoisotopic (exact) mass is 438 g/mol. The molecule has 0 unspecified atom stereocenters. The Labute approximate surface area is 183 Å². The van der Waals surface area contributed by atoms with Gasteiger partial charge in [-0.15, -0.1) is 16.4 Å². The summed E-state index contributed by atoms with van der Waals surface area (Å²) in [6.45, 7) is 4.02. The fourth-order valence-electron chi connectivity index (χ4n) is 3.61. The Hall–Kier alpha value is -2.70. The van der Waals surface area contributed by atoms with Gasteiger partial charge >= 0.3 is 0 Å². The number of amides is 1. The first-order valence-corrected chi connectivity index (χ1v) is 11.7. The van der Waals surface area contributed by atoms with Gasteiger partial charge < -0.3 is 5.32 Å². The number of fused-ring (bicyclic) bond motifs is 1. The SMILES string of the molecule is Cc1ccc(C)c(-n2nnnc2SCC(=O)Nc2sc3c(c2C#N)CCCCC3)c1. The van der Waals surface area contributed by atoms with Crippen molar-refractivity contribution in [3.05, 3.63) is 45.3 Å². The van der Waals surface area contributed by atoms with Crippen molar-refractivity contribution in [2.45, 2.75) is 51.1 Å². The average molecular weight is 439 g/mol. The minimum Gasteiger partial charge on any atom is -0.316 e. The molecule has 0 radical (unpaired) electrons. The number of hydrogen-bond acceptors (Lipinski definition) is 7. The first-order valence-electron chi connectivity index (χ1n) is 9.90. The van der Waals surface area contributed by atoms with Gasteiger partial charge in [0.1, 0.15) is 11.1 Å². The normalized spacial score (nSPS) is 13.4. The third kappa shape index (κ3) is 4.25. The Bertz CT molecular complexity index is 1130. The number of carbonyl (C=O) groups is 1. The van der Waals surface area contributed by atoms with Gasteiger partial charge in [-0.25, -0.2) is 0 Å². The van der Waals surface area contributed by atoms with Crippen LogP contribution in [0.4, 0.5) is 5.00 Å². The molecular weight excluding hydrogens is 416 g/mol. The van der Waals surface area contributed by atoms with Crippen LogP contribution in [-0.4, -0.2) is 31.9 Å². The van der Waals surface area contributed by atoms with Crippen LogP contribution >= 0.6 is 23.1 Å². The highest BCUT2D eigenvalue weighted by Crippen LogP contribution is 2.37. The van der Waals surface area contributed by atoms with Crippen molar-refractivity contribution in [1.29, 1.82) is 5.26 Å². The van der Waals surface area contributed by atoms with Crippen LogP contribution in [0.3, 0.4) is 0 Å². The standard InChI is InChI=1S/C21H22N6OS2/c1-13-8-9-14(2)17(10-13)27-21(24-25-26-27)29-12-19(28)23-20-16(11-22)15-6-4-3-5-7-18(15)30-20/h8-10H,3-7,12H2,1-2H3,(H,23,28). The highest BCUT2D eigenvalue weighted by Gasteiger charge is 2.21. The van der Waals surface area contributed by atoms with Crippen LogP contribution in [0.15, 0.2) is 23.4 Å². The molecule has 3 aromatic rings. The van der Waals surface area contributed by atoms with Crippen LogP contribution in [0.25, 0.3) is 5.69 Å². The maximum atomic E-state index is 12.6. The Morgan fingerprint density at radius 2 is 2.13 bits per heavy atom. The summed E-state index contributed by atoms with van der Waals surface area (Å²) >= 11 is 2.82. The second-order valence-corrected chi connectivity index (χ2v) is 9.43. The van der Waals surface area contributed by atoms with E-state index in [1.807, 2.05) is 32.0 Å². The largest absolute Gasteiger partial charge is 0.316 e. The molecular formula is C21H22N6OS2. The maximum absolute atomic E-state index is 12.6. The number of nitriles is 1. The fourth-order valence-corrected chi connectivity index (χ4v) is 5.55. The van der Waals surface area contributed by atoms with Gasteiger partial charge in [0.15, 0.2) is 0 Å². The molecule has 0 saturated heterocycles. The van der Waals surface area contributed by atoms with Crippen LogP contribution in [-0.2, 0) is 17.6 Å². The van der Waals surface area contributed by atoms with Crippen molar-refractivity contribution in [3.63, 3.8) is 0 Å². The number of thioether (sulfide) groups is 1. The number of aryl methyl sites for hydroxylation is 3. The summed E-state index contributed by atoms with van der Waals surface area (Å²) in [7, 11) is 0. The van der Waals surface area contributed by atoms with Crippen LogP contribution in [0.5, 0.6) is 0 Å². The van der Waals surface area contributed by atoms with Gasteiger partial charge in [-0.3, -0.25) is 4.79 Å². The predicted molar refractivity (Wildman–Crippen MR) is 118 cm³/mol. The Kier molecular flexibility index (Phi) is 6.16. The van der Waals surface area contributed by atoms with E-state index in [-0.39, 0.29) is 11.7 Å². The average Bonchev–Trinajstić information content (AvgIpc) is 3.25. The van der Waals surface area contributed by atoms with Crippen LogP contribution < -0.4 is 5.32 Å². The van der Waals surface area contributed by atoms with E-state index in [2.05, 4.69) is 26.9 Å². The minimum atomic E-state index is -0.163. The summed E-state index contributed by atoms with van der Waals surface area (Å²) < 4.78 is 1.66. The van der Waals surface area contributed by atoms with Gasteiger partial charge in [0.05, 0.1) is 17.0 Å². The lowest BCUT2D eigenvalue weighted by molar-refractivity contribution is -0.113. The van der Waals surface area contributed by atoms with Crippen molar-refractivity contribution < 1.29 is 4.79 Å². The third-order valence-corrected chi connectivity index (χ3v) is 7.28. The smallest absolute Gasteiger partial charge is 0.235 e. The number of rotatable bonds is 5. The topological polar surface area (TPSA) is 96.5 Å². The summed E-state index contributed by atoms with van der Waals surface area (Å²) in [5.41, 5.74) is 4.83. The molecule has 4 rings (SSSR count). The Morgan fingerprint density at radius 1 is 1.30 bits per heavy atom. The number of tetrazole rings is 1. The molecule has 0 aliphatic heterocycles. The van der Waals surface area contributed by atoms with E-state index in [4.69, 9.17) is 0 Å². The van der Waals surface area contributed by atoms with Crippen LogP contribution in [0.1, 0.15) is 46.4 Å². The van der Waals surface area contributed by atoms with E-state index >= 15 is 0 Å². The van der Waals surface area contributed by atoms with Crippen LogP contribution in [0.2, 0.25) is 0 Å². The zero-order chi connectivity index (χ0) is 21.1. The minimum absolute atomic E-state index is 0.163. The first-order chi connectivity index (χ1) is 14.6. The lowest BCUT2D eigenvalue weighted by atomic mass is 10.1. The molecule has 154 valence electrons. The van der Waals surface area contributed by atoms with E-state index in [0.29, 0.717) is 15.7 Å². The zero-order valence-corrected chi connectivity index (χ0v) is 18.6. The van der Waals surface area contributed by atoms with Gasteiger partial charge in [0, 0.05) is 4.88 Å². The second-order valence-electron chi connectivity index (χ2n) is 7.38. The number of hydrogen-bond donors (Lipinski definition) is 1. The van der Waals surface area contributed by atoms with E-state index in [1.54, 1.807) is 16.0 Å². The molecule has 1 aromatic carbocycles. The molecule has 2 aromatic heterocycles. The summed E-state index contributed by atoms with van der Waals surface area (Å²) in [6.07, 6.45) is 5.35. The first kappa shape index (κ1) is 20.6. The number of anilines is 1. The van der Waals surface area contributed by atoms with Gasteiger partial charge in [-0.2, -0.15) is 9.94 Å².